The van der Waals surface area contributed by atoms with Crippen molar-refractivity contribution in [2.45, 2.75) is 0 Å². The van der Waals surface area contributed by atoms with Crippen LogP contribution in [0.4, 0.5) is 0 Å². The summed E-state index contributed by atoms with van der Waals surface area (Å²) in [5.41, 5.74) is 11.3. The Hall–Kier alpha value is -1.18. The quantitative estimate of drug-likeness (QED) is 0.508. The zero-order valence-electron chi connectivity index (χ0n) is 4.72. The number of rotatable bonds is 2. The van der Waals surface area contributed by atoms with E-state index in [1.54, 1.807) is 12.2 Å². The number of nitrogens with two attached hydrogens (primary N) is 2. The van der Waals surface area contributed by atoms with Crippen molar-refractivity contribution in [1.29, 1.82) is 0 Å². The van der Waals surface area contributed by atoms with E-state index < -0.39 is 0 Å². The van der Waals surface area contributed by atoms with Gasteiger partial charge in [0.15, 0.2) is 0 Å². The van der Waals surface area contributed by atoms with Crippen molar-refractivity contribution in [2.24, 2.45) is 11.5 Å². The van der Waals surface area contributed by atoms with E-state index in [1.807, 2.05) is 0 Å². The maximum absolute atomic E-state index is 5.16. The predicted molar refractivity (Wildman–Crippen MR) is 35.8 cm³/mol. The van der Waals surface area contributed by atoms with Crippen LogP contribution in [-0.2, 0) is 0 Å². The van der Waals surface area contributed by atoms with Crippen molar-refractivity contribution in [1.82, 2.24) is 0 Å². The Morgan fingerprint density at radius 3 is 1.38 bits per heavy atom. The fourth-order valence-electron chi connectivity index (χ4n) is 0.214. The van der Waals surface area contributed by atoms with Crippen molar-refractivity contribution >= 4 is 0 Å². The summed E-state index contributed by atoms with van der Waals surface area (Å²) in [7, 11) is 0. The molecule has 0 fully saturated rings. The molecule has 0 amide bonds. The molecule has 44 valence electrons. The summed E-state index contributed by atoms with van der Waals surface area (Å²) < 4.78 is 0. The average molecular weight is 110 g/mol. The molecule has 0 radical (unpaired) electrons. The third-order valence-corrected chi connectivity index (χ3v) is 0.511. The van der Waals surface area contributed by atoms with Crippen molar-refractivity contribution in [3.8, 4) is 0 Å². The van der Waals surface area contributed by atoms with Crippen LogP contribution in [0.25, 0.3) is 0 Å². The molecule has 0 aliphatic rings. The fraction of sp³-hybridized carbons (Fsp3) is 0. The highest BCUT2D eigenvalue weighted by molar-refractivity contribution is 5.19. The maximum Gasteiger partial charge on any atom is 0.0241 e. The first kappa shape index (κ1) is 6.82. The molecule has 0 aromatic carbocycles. The van der Waals surface area contributed by atoms with E-state index in [4.69, 9.17) is 11.5 Å². The largest absolute Gasteiger partial charge is 0.399 e. The Bertz CT molecular complexity index is 117. The van der Waals surface area contributed by atoms with Crippen LogP contribution < -0.4 is 11.5 Å². The second-order valence-corrected chi connectivity index (χ2v) is 1.48. The molecule has 0 aliphatic carbocycles. The lowest BCUT2D eigenvalue weighted by atomic mass is 10.4. The molecule has 0 saturated heterocycles. The van der Waals surface area contributed by atoms with E-state index in [2.05, 4.69) is 13.2 Å². The minimum atomic E-state index is 0.483. The standard InChI is InChI=1S/C6H10N2/c1-5(7)3-4-6(2)8/h3-4H,1-2,7-8H2/b4-3-. The van der Waals surface area contributed by atoms with Gasteiger partial charge in [0.1, 0.15) is 0 Å². The lowest BCUT2D eigenvalue weighted by Crippen LogP contribution is -1.92. The third-order valence-electron chi connectivity index (χ3n) is 0.511. The molecule has 2 heteroatoms. The molecule has 0 unspecified atom stereocenters. The van der Waals surface area contributed by atoms with Gasteiger partial charge >= 0.3 is 0 Å². The van der Waals surface area contributed by atoms with E-state index in [1.165, 1.54) is 0 Å². The van der Waals surface area contributed by atoms with Crippen molar-refractivity contribution < 1.29 is 0 Å². The molecular weight excluding hydrogens is 100 g/mol. The third kappa shape index (κ3) is 4.82. The molecule has 2 nitrogen and oxygen atoms in total. The van der Waals surface area contributed by atoms with Gasteiger partial charge in [-0.1, -0.05) is 13.2 Å². The minimum Gasteiger partial charge on any atom is -0.399 e. The average Bonchev–Trinajstić information content (AvgIpc) is 1.61. The molecule has 8 heavy (non-hydrogen) atoms. The minimum absolute atomic E-state index is 0.483. The van der Waals surface area contributed by atoms with Crippen LogP contribution in [0.3, 0.4) is 0 Å². The van der Waals surface area contributed by atoms with Crippen molar-refractivity contribution in [3.05, 3.63) is 36.7 Å². The molecule has 0 bridgehead atoms. The van der Waals surface area contributed by atoms with Crippen LogP contribution in [0, 0.1) is 0 Å². The first-order chi connectivity index (χ1) is 3.63. The number of hydrogen-bond acceptors (Lipinski definition) is 2. The van der Waals surface area contributed by atoms with Crippen LogP contribution >= 0.6 is 0 Å². The lowest BCUT2D eigenvalue weighted by molar-refractivity contribution is 1.40. The Labute approximate surface area is 49.2 Å². The first-order valence-corrected chi connectivity index (χ1v) is 2.20. The highest BCUT2D eigenvalue weighted by Gasteiger charge is 1.73. The van der Waals surface area contributed by atoms with Gasteiger partial charge in [-0.3, -0.25) is 0 Å². The monoisotopic (exact) mass is 110 g/mol. The van der Waals surface area contributed by atoms with E-state index in [9.17, 15) is 0 Å². The zero-order valence-corrected chi connectivity index (χ0v) is 4.72. The molecule has 0 spiro atoms. The highest BCUT2D eigenvalue weighted by Crippen LogP contribution is 1.84. The highest BCUT2D eigenvalue weighted by atomic mass is 14.6. The summed E-state index contributed by atoms with van der Waals surface area (Å²) in [5.74, 6) is 0. The lowest BCUT2D eigenvalue weighted by Gasteiger charge is -1.85. The smallest absolute Gasteiger partial charge is 0.0241 e. The maximum atomic E-state index is 5.16. The molecule has 4 N–H and O–H groups in total. The van der Waals surface area contributed by atoms with Gasteiger partial charge in [-0.25, -0.2) is 0 Å². The van der Waals surface area contributed by atoms with E-state index in [0.717, 1.165) is 0 Å². The van der Waals surface area contributed by atoms with Gasteiger partial charge in [0, 0.05) is 11.4 Å². The summed E-state index contributed by atoms with van der Waals surface area (Å²) in [4.78, 5) is 0. The van der Waals surface area contributed by atoms with E-state index in [0.29, 0.717) is 11.4 Å². The fourth-order valence-corrected chi connectivity index (χ4v) is 0.214. The topological polar surface area (TPSA) is 52.0 Å². The summed E-state index contributed by atoms with van der Waals surface area (Å²) in [6, 6.07) is 0. The normalized spacial score (nSPS) is 9.50. The zero-order chi connectivity index (χ0) is 6.57. The first-order valence-electron chi connectivity index (χ1n) is 2.20. The van der Waals surface area contributed by atoms with Crippen LogP contribution in [0.15, 0.2) is 36.7 Å². The van der Waals surface area contributed by atoms with E-state index in [-0.39, 0.29) is 0 Å². The summed E-state index contributed by atoms with van der Waals surface area (Å²) in [6.45, 7) is 6.84. The van der Waals surface area contributed by atoms with Crippen LogP contribution in [0.1, 0.15) is 0 Å². The Morgan fingerprint density at radius 1 is 1.00 bits per heavy atom. The van der Waals surface area contributed by atoms with Crippen LogP contribution in [0.2, 0.25) is 0 Å². The van der Waals surface area contributed by atoms with Crippen LogP contribution in [0.5, 0.6) is 0 Å². The molecular formula is C6H10N2. The van der Waals surface area contributed by atoms with Gasteiger partial charge in [-0.05, 0) is 12.2 Å². The summed E-state index contributed by atoms with van der Waals surface area (Å²) >= 11 is 0. The molecule has 0 aromatic heterocycles. The van der Waals surface area contributed by atoms with Gasteiger partial charge in [0.2, 0.25) is 0 Å². The molecule has 0 atom stereocenters. The second-order valence-electron chi connectivity index (χ2n) is 1.48. The Kier molecular flexibility index (Phi) is 2.48. The molecule has 0 aromatic rings. The van der Waals surface area contributed by atoms with Gasteiger partial charge in [0.05, 0.1) is 0 Å². The van der Waals surface area contributed by atoms with Crippen molar-refractivity contribution in [3.63, 3.8) is 0 Å². The summed E-state index contributed by atoms with van der Waals surface area (Å²) in [6.07, 6.45) is 3.20. The molecule has 0 saturated carbocycles. The predicted octanol–water partition coefficient (Wildman–Crippen LogP) is 0.487. The van der Waals surface area contributed by atoms with Gasteiger partial charge in [-0.2, -0.15) is 0 Å². The molecule has 0 rings (SSSR count). The van der Waals surface area contributed by atoms with Crippen molar-refractivity contribution in [2.75, 3.05) is 0 Å². The number of allylic oxidation sites excluding steroid dienone is 2. The Morgan fingerprint density at radius 2 is 1.25 bits per heavy atom. The van der Waals surface area contributed by atoms with Gasteiger partial charge in [-0.15, -0.1) is 0 Å². The van der Waals surface area contributed by atoms with Gasteiger partial charge < -0.3 is 11.5 Å². The summed E-state index contributed by atoms with van der Waals surface area (Å²) in [5, 5.41) is 0. The van der Waals surface area contributed by atoms with Crippen LogP contribution in [-0.4, -0.2) is 0 Å². The molecule has 0 heterocycles. The van der Waals surface area contributed by atoms with Gasteiger partial charge in [0.25, 0.3) is 0 Å². The Balaban J connectivity index is 3.67. The number of hydrogen-bond donors (Lipinski definition) is 2. The molecule has 0 aliphatic heterocycles. The van der Waals surface area contributed by atoms with E-state index >= 15 is 0 Å². The SMILES string of the molecule is C=C(N)/C=C\C(=C)N. The second kappa shape index (κ2) is 2.91.